The van der Waals surface area contributed by atoms with Crippen LogP contribution in [0.4, 0.5) is 9.52 Å². The van der Waals surface area contributed by atoms with Crippen LogP contribution >= 0.6 is 27.3 Å². The summed E-state index contributed by atoms with van der Waals surface area (Å²) in [6, 6.07) is 17.5. The van der Waals surface area contributed by atoms with E-state index in [1.807, 2.05) is 25.1 Å². The van der Waals surface area contributed by atoms with Crippen LogP contribution in [0.5, 0.6) is 0 Å². The summed E-state index contributed by atoms with van der Waals surface area (Å²) in [6.45, 7) is 1.92. The maximum absolute atomic E-state index is 13.7. The molecule has 33 heavy (non-hydrogen) atoms. The van der Waals surface area contributed by atoms with Crippen molar-refractivity contribution in [3.8, 4) is 0 Å². The third-order valence-electron chi connectivity index (χ3n) is 5.48. The monoisotopic (exact) mass is 522 g/mol. The van der Waals surface area contributed by atoms with Crippen molar-refractivity contribution < 1.29 is 19.1 Å². The average Bonchev–Trinajstić information content (AvgIpc) is 3.32. The van der Waals surface area contributed by atoms with Gasteiger partial charge in [-0.1, -0.05) is 69.2 Å². The van der Waals surface area contributed by atoms with E-state index in [-0.39, 0.29) is 16.5 Å². The van der Waals surface area contributed by atoms with Crippen molar-refractivity contribution >= 4 is 60.1 Å². The normalized spacial score (nSPS) is 17.8. The van der Waals surface area contributed by atoms with E-state index >= 15 is 0 Å². The number of fused-ring (bicyclic) bond motifs is 1. The van der Waals surface area contributed by atoms with Gasteiger partial charge < -0.3 is 5.11 Å². The number of ketones is 1. The van der Waals surface area contributed by atoms with Gasteiger partial charge in [-0.2, -0.15) is 0 Å². The fraction of sp³-hybridized carbons (Fsp3) is 0.0800. The smallest absolute Gasteiger partial charge is 0.301 e. The molecule has 1 amide bonds. The van der Waals surface area contributed by atoms with Crippen molar-refractivity contribution in [2.24, 2.45) is 0 Å². The highest BCUT2D eigenvalue weighted by Crippen LogP contribution is 2.44. The predicted molar refractivity (Wildman–Crippen MR) is 130 cm³/mol. The van der Waals surface area contributed by atoms with Gasteiger partial charge in [0.15, 0.2) is 5.13 Å². The summed E-state index contributed by atoms with van der Waals surface area (Å²) in [5.41, 5.74) is 2.56. The highest BCUT2D eigenvalue weighted by molar-refractivity contribution is 9.10. The zero-order chi connectivity index (χ0) is 23.3. The molecule has 1 fully saturated rings. The van der Waals surface area contributed by atoms with Gasteiger partial charge in [0.2, 0.25) is 0 Å². The molecule has 1 aromatic heterocycles. The number of aliphatic hydroxyl groups is 1. The van der Waals surface area contributed by atoms with Crippen molar-refractivity contribution in [1.29, 1.82) is 0 Å². The van der Waals surface area contributed by atoms with Crippen LogP contribution in [0, 0.1) is 12.7 Å². The maximum atomic E-state index is 13.7. The summed E-state index contributed by atoms with van der Waals surface area (Å²) in [4.78, 5) is 32.2. The third kappa shape index (κ3) is 3.75. The van der Waals surface area contributed by atoms with E-state index in [1.54, 1.807) is 30.3 Å². The Labute approximate surface area is 200 Å². The van der Waals surface area contributed by atoms with Gasteiger partial charge in [0.05, 0.1) is 21.8 Å². The first-order chi connectivity index (χ1) is 15.8. The van der Waals surface area contributed by atoms with Crippen molar-refractivity contribution in [1.82, 2.24) is 4.98 Å². The van der Waals surface area contributed by atoms with Crippen molar-refractivity contribution in [3.05, 3.63) is 99.3 Å². The summed E-state index contributed by atoms with van der Waals surface area (Å²) >= 11 is 4.55. The van der Waals surface area contributed by atoms with E-state index in [0.29, 0.717) is 21.3 Å². The number of nitrogens with zero attached hydrogens (tertiary/aromatic N) is 2. The minimum atomic E-state index is -0.894. The Morgan fingerprint density at radius 1 is 1.09 bits per heavy atom. The van der Waals surface area contributed by atoms with Crippen molar-refractivity contribution in [2.75, 3.05) is 4.90 Å². The quantitative estimate of drug-likeness (QED) is 0.199. The number of Topliss-reactive ketones (excluding diaryl/α,β-unsaturated/α-hetero) is 1. The molecule has 0 aliphatic carbocycles. The molecule has 1 atom stereocenters. The van der Waals surface area contributed by atoms with E-state index < -0.39 is 23.5 Å². The molecular weight excluding hydrogens is 507 g/mol. The number of aryl methyl sites for hydroxylation is 1. The highest BCUT2D eigenvalue weighted by atomic mass is 79.9. The average molecular weight is 523 g/mol. The molecule has 1 aliphatic heterocycles. The van der Waals surface area contributed by atoms with Crippen LogP contribution in [0.15, 0.2) is 76.8 Å². The molecule has 0 saturated carbocycles. The number of carbonyl (C=O) groups excluding carboxylic acids is 2. The van der Waals surface area contributed by atoms with Gasteiger partial charge >= 0.3 is 5.91 Å². The molecule has 164 valence electrons. The largest absolute Gasteiger partial charge is 0.507 e. The first kappa shape index (κ1) is 21.5. The highest BCUT2D eigenvalue weighted by Gasteiger charge is 2.48. The van der Waals surface area contributed by atoms with Gasteiger partial charge in [0.1, 0.15) is 11.6 Å². The fourth-order valence-electron chi connectivity index (χ4n) is 3.88. The lowest BCUT2D eigenvalue weighted by molar-refractivity contribution is -0.132. The molecular formula is C25H16BrFN2O3S. The second kappa shape index (κ2) is 8.20. The number of halogens is 2. The molecule has 0 bridgehead atoms. The lowest BCUT2D eigenvalue weighted by Crippen LogP contribution is -2.29. The number of amides is 1. The Kier molecular flexibility index (Phi) is 5.34. The minimum absolute atomic E-state index is 0.0209. The second-order valence-corrected chi connectivity index (χ2v) is 9.62. The summed E-state index contributed by atoms with van der Waals surface area (Å²) in [5.74, 6) is -2.27. The molecule has 1 aliphatic rings. The first-order valence-electron chi connectivity index (χ1n) is 10.0. The molecule has 1 N–H and O–H groups in total. The van der Waals surface area contributed by atoms with Gasteiger partial charge in [0.25, 0.3) is 5.78 Å². The van der Waals surface area contributed by atoms with E-state index in [1.165, 1.54) is 23.1 Å². The molecule has 2 heterocycles. The summed E-state index contributed by atoms with van der Waals surface area (Å²) < 4.78 is 15.0. The number of anilines is 1. The molecule has 5 nitrogen and oxygen atoms in total. The van der Waals surface area contributed by atoms with E-state index in [4.69, 9.17) is 0 Å². The Morgan fingerprint density at radius 2 is 1.85 bits per heavy atom. The number of benzene rings is 3. The van der Waals surface area contributed by atoms with Gasteiger partial charge in [-0.3, -0.25) is 14.5 Å². The standard InChI is InChI=1S/C25H16BrFN2O3S/c1-13-5-7-14(8-6-13)22(30)20-21(15-3-2-4-16(26)11-15)29(24(32)23(20)31)25-28-18-10-9-17(27)12-19(18)33-25/h2-12,21,30H,1H3/t21-/m0/s1. The summed E-state index contributed by atoms with van der Waals surface area (Å²) in [6.07, 6.45) is 0. The van der Waals surface area contributed by atoms with E-state index in [9.17, 15) is 19.1 Å². The minimum Gasteiger partial charge on any atom is -0.507 e. The summed E-state index contributed by atoms with van der Waals surface area (Å²) in [5, 5.41) is 11.4. The third-order valence-corrected chi connectivity index (χ3v) is 6.99. The van der Waals surface area contributed by atoms with Crippen LogP contribution < -0.4 is 4.90 Å². The molecule has 1 saturated heterocycles. The molecule has 3 aromatic carbocycles. The topological polar surface area (TPSA) is 70.5 Å². The number of rotatable bonds is 3. The maximum Gasteiger partial charge on any atom is 0.301 e. The Hall–Kier alpha value is -3.36. The van der Waals surface area contributed by atoms with Crippen LogP contribution in [0.25, 0.3) is 16.0 Å². The number of hydrogen-bond donors (Lipinski definition) is 1. The Morgan fingerprint density at radius 3 is 2.58 bits per heavy atom. The number of hydrogen-bond acceptors (Lipinski definition) is 5. The zero-order valence-corrected chi connectivity index (χ0v) is 19.7. The number of thiazole rings is 1. The van der Waals surface area contributed by atoms with Crippen LogP contribution in [0.2, 0.25) is 0 Å². The van der Waals surface area contributed by atoms with Crippen LogP contribution in [-0.2, 0) is 9.59 Å². The lowest BCUT2D eigenvalue weighted by Gasteiger charge is -2.23. The number of carbonyl (C=O) groups is 2. The van der Waals surface area contributed by atoms with Crippen LogP contribution in [-0.4, -0.2) is 21.8 Å². The van der Waals surface area contributed by atoms with Crippen LogP contribution in [0.3, 0.4) is 0 Å². The molecule has 0 spiro atoms. The fourth-order valence-corrected chi connectivity index (χ4v) is 5.31. The molecule has 4 aromatic rings. The van der Waals surface area contributed by atoms with Gasteiger partial charge in [-0.25, -0.2) is 9.37 Å². The van der Waals surface area contributed by atoms with E-state index in [0.717, 1.165) is 21.4 Å². The van der Waals surface area contributed by atoms with Gasteiger partial charge in [-0.05, 0) is 42.8 Å². The first-order valence-corrected chi connectivity index (χ1v) is 11.6. The molecule has 0 radical (unpaired) electrons. The Bertz CT molecular complexity index is 1460. The van der Waals surface area contributed by atoms with Gasteiger partial charge in [-0.15, -0.1) is 0 Å². The van der Waals surface area contributed by atoms with Crippen molar-refractivity contribution in [3.63, 3.8) is 0 Å². The van der Waals surface area contributed by atoms with Crippen molar-refractivity contribution in [2.45, 2.75) is 13.0 Å². The molecule has 8 heteroatoms. The zero-order valence-electron chi connectivity index (χ0n) is 17.3. The molecule has 0 unspecified atom stereocenters. The van der Waals surface area contributed by atoms with Crippen LogP contribution in [0.1, 0.15) is 22.7 Å². The number of aromatic nitrogens is 1. The second-order valence-electron chi connectivity index (χ2n) is 7.70. The molecule has 5 rings (SSSR count). The SMILES string of the molecule is Cc1ccc(C(O)=C2C(=O)C(=O)N(c3nc4ccc(F)cc4s3)[C@H]2c2cccc(Br)c2)cc1. The Balaban J connectivity index is 1.74. The predicted octanol–water partition coefficient (Wildman–Crippen LogP) is 6.13. The van der Waals surface area contributed by atoms with Gasteiger partial charge in [0, 0.05) is 10.0 Å². The lowest BCUT2D eigenvalue weighted by atomic mass is 9.95. The number of aliphatic hydroxyl groups excluding tert-OH is 1. The summed E-state index contributed by atoms with van der Waals surface area (Å²) in [7, 11) is 0. The van der Waals surface area contributed by atoms with E-state index in [2.05, 4.69) is 20.9 Å².